The normalized spacial score (nSPS) is 12.5. The SMILES string of the molecule is Cc1cc(C)n(CCNC(C)c2ncc(-c3ccccc3)o2)n1. The number of rotatable bonds is 6. The number of nitrogens with one attached hydrogen (secondary N) is 1. The van der Waals surface area contributed by atoms with Crippen LogP contribution in [-0.4, -0.2) is 21.3 Å². The lowest BCUT2D eigenvalue weighted by Crippen LogP contribution is -2.24. The van der Waals surface area contributed by atoms with Gasteiger partial charge in [0.2, 0.25) is 5.89 Å². The minimum atomic E-state index is 0.0597. The molecule has 0 spiro atoms. The van der Waals surface area contributed by atoms with Crippen LogP contribution in [0.15, 0.2) is 47.0 Å². The first-order chi connectivity index (χ1) is 11.1. The van der Waals surface area contributed by atoms with Crippen molar-refractivity contribution in [1.82, 2.24) is 20.1 Å². The molecule has 0 radical (unpaired) electrons. The van der Waals surface area contributed by atoms with Crippen LogP contribution in [0.3, 0.4) is 0 Å². The monoisotopic (exact) mass is 310 g/mol. The molecule has 1 atom stereocenters. The molecule has 3 rings (SSSR count). The molecule has 0 saturated carbocycles. The zero-order valence-corrected chi connectivity index (χ0v) is 13.8. The third-order valence-electron chi connectivity index (χ3n) is 3.83. The minimum absolute atomic E-state index is 0.0597. The van der Waals surface area contributed by atoms with Crippen LogP contribution in [0.4, 0.5) is 0 Å². The maximum Gasteiger partial charge on any atom is 0.211 e. The van der Waals surface area contributed by atoms with Crippen molar-refractivity contribution in [2.45, 2.75) is 33.4 Å². The Hall–Kier alpha value is -2.40. The zero-order chi connectivity index (χ0) is 16.2. The Morgan fingerprint density at radius 3 is 2.70 bits per heavy atom. The van der Waals surface area contributed by atoms with E-state index in [9.17, 15) is 0 Å². The van der Waals surface area contributed by atoms with Gasteiger partial charge in [-0.25, -0.2) is 4.98 Å². The van der Waals surface area contributed by atoms with Crippen LogP contribution in [-0.2, 0) is 6.54 Å². The molecule has 0 amide bonds. The summed E-state index contributed by atoms with van der Waals surface area (Å²) in [6, 6.07) is 12.2. The largest absolute Gasteiger partial charge is 0.439 e. The quantitative estimate of drug-likeness (QED) is 0.757. The Labute approximate surface area is 136 Å². The van der Waals surface area contributed by atoms with E-state index in [-0.39, 0.29) is 6.04 Å². The highest BCUT2D eigenvalue weighted by atomic mass is 16.4. The van der Waals surface area contributed by atoms with Crippen molar-refractivity contribution in [2.24, 2.45) is 0 Å². The maximum absolute atomic E-state index is 5.87. The number of oxazole rings is 1. The van der Waals surface area contributed by atoms with Gasteiger partial charge in [0, 0.05) is 17.8 Å². The molecule has 120 valence electrons. The summed E-state index contributed by atoms with van der Waals surface area (Å²) in [7, 11) is 0. The molecule has 2 heterocycles. The summed E-state index contributed by atoms with van der Waals surface area (Å²) in [5.41, 5.74) is 3.27. The molecule has 0 fully saturated rings. The third-order valence-corrected chi connectivity index (χ3v) is 3.83. The lowest BCUT2D eigenvalue weighted by Gasteiger charge is -2.11. The first-order valence-corrected chi connectivity index (χ1v) is 7.89. The second-order valence-electron chi connectivity index (χ2n) is 5.75. The van der Waals surface area contributed by atoms with Gasteiger partial charge in [-0.15, -0.1) is 0 Å². The molecule has 0 saturated heterocycles. The number of nitrogens with zero attached hydrogens (tertiary/aromatic N) is 3. The Kier molecular flexibility index (Phi) is 4.57. The van der Waals surface area contributed by atoms with E-state index in [1.807, 2.05) is 41.9 Å². The lowest BCUT2D eigenvalue weighted by atomic mass is 10.2. The fourth-order valence-corrected chi connectivity index (χ4v) is 2.60. The predicted molar refractivity (Wildman–Crippen MR) is 90.1 cm³/mol. The van der Waals surface area contributed by atoms with Crippen LogP contribution in [0.25, 0.3) is 11.3 Å². The van der Waals surface area contributed by atoms with Gasteiger partial charge in [-0.1, -0.05) is 30.3 Å². The number of benzene rings is 1. The molecule has 0 aliphatic heterocycles. The van der Waals surface area contributed by atoms with Gasteiger partial charge >= 0.3 is 0 Å². The van der Waals surface area contributed by atoms with Crippen molar-refractivity contribution in [1.29, 1.82) is 0 Å². The molecule has 1 unspecified atom stereocenters. The van der Waals surface area contributed by atoms with Crippen LogP contribution in [0.1, 0.15) is 30.2 Å². The van der Waals surface area contributed by atoms with Gasteiger partial charge < -0.3 is 9.73 Å². The molecule has 2 aromatic heterocycles. The molecule has 0 bridgehead atoms. The molecule has 5 nitrogen and oxygen atoms in total. The summed E-state index contributed by atoms with van der Waals surface area (Å²) in [5.74, 6) is 1.50. The van der Waals surface area contributed by atoms with Crippen LogP contribution in [0.2, 0.25) is 0 Å². The standard InChI is InChI=1S/C18H22N4O/c1-13-11-14(2)22(21-13)10-9-19-15(3)18-20-12-17(23-18)16-7-5-4-6-8-16/h4-8,11-12,15,19H,9-10H2,1-3H3. The van der Waals surface area contributed by atoms with Gasteiger partial charge in [0.25, 0.3) is 0 Å². The summed E-state index contributed by atoms with van der Waals surface area (Å²) >= 11 is 0. The lowest BCUT2D eigenvalue weighted by molar-refractivity contribution is 0.410. The first-order valence-electron chi connectivity index (χ1n) is 7.89. The molecule has 5 heteroatoms. The van der Waals surface area contributed by atoms with Crippen molar-refractivity contribution in [3.8, 4) is 11.3 Å². The average molecular weight is 310 g/mol. The van der Waals surface area contributed by atoms with E-state index in [0.29, 0.717) is 5.89 Å². The summed E-state index contributed by atoms with van der Waals surface area (Å²) in [6.45, 7) is 7.78. The van der Waals surface area contributed by atoms with Crippen LogP contribution >= 0.6 is 0 Å². The number of aryl methyl sites for hydroxylation is 2. The van der Waals surface area contributed by atoms with E-state index in [1.54, 1.807) is 6.20 Å². The highest BCUT2D eigenvalue weighted by Crippen LogP contribution is 2.22. The number of hydrogen-bond acceptors (Lipinski definition) is 4. The van der Waals surface area contributed by atoms with E-state index in [2.05, 4.69) is 35.3 Å². The van der Waals surface area contributed by atoms with Crippen molar-refractivity contribution in [3.63, 3.8) is 0 Å². The fourth-order valence-electron chi connectivity index (χ4n) is 2.60. The average Bonchev–Trinajstić information content (AvgIpc) is 3.15. The molecule has 0 aliphatic carbocycles. The molecular weight excluding hydrogens is 288 g/mol. The summed E-state index contributed by atoms with van der Waals surface area (Å²) in [6.07, 6.45) is 1.78. The second-order valence-corrected chi connectivity index (χ2v) is 5.75. The van der Waals surface area contributed by atoms with E-state index in [1.165, 1.54) is 5.69 Å². The van der Waals surface area contributed by atoms with Crippen molar-refractivity contribution >= 4 is 0 Å². The molecule has 1 N–H and O–H groups in total. The van der Waals surface area contributed by atoms with Crippen LogP contribution in [0.5, 0.6) is 0 Å². The molecule has 0 aliphatic rings. The van der Waals surface area contributed by atoms with Gasteiger partial charge in [-0.3, -0.25) is 4.68 Å². The van der Waals surface area contributed by atoms with E-state index < -0.39 is 0 Å². The summed E-state index contributed by atoms with van der Waals surface area (Å²) in [4.78, 5) is 4.39. The molecule has 3 aromatic rings. The van der Waals surface area contributed by atoms with Gasteiger partial charge in [0.05, 0.1) is 24.5 Å². The first kappa shape index (κ1) is 15.5. The summed E-state index contributed by atoms with van der Waals surface area (Å²) in [5, 5.41) is 7.89. The highest BCUT2D eigenvalue weighted by molar-refractivity contribution is 5.55. The van der Waals surface area contributed by atoms with Crippen LogP contribution in [0, 0.1) is 13.8 Å². The van der Waals surface area contributed by atoms with Crippen molar-refractivity contribution in [2.75, 3.05) is 6.54 Å². The topological polar surface area (TPSA) is 55.9 Å². The number of hydrogen-bond donors (Lipinski definition) is 1. The van der Waals surface area contributed by atoms with E-state index in [0.717, 1.165) is 30.1 Å². The molecular formula is C18H22N4O. The predicted octanol–water partition coefficient (Wildman–Crippen LogP) is 3.51. The second kappa shape index (κ2) is 6.79. The van der Waals surface area contributed by atoms with Crippen LogP contribution < -0.4 is 5.32 Å². The van der Waals surface area contributed by atoms with Gasteiger partial charge in [0.15, 0.2) is 5.76 Å². The zero-order valence-electron chi connectivity index (χ0n) is 13.8. The Morgan fingerprint density at radius 1 is 1.22 bits per heavy atom. The minimum Gasteiger partial charge on any atom is -0.439 e. The van der Waals surface area contributed by atoms with E-state index >= 15 is 0 Å². The van der Waals surface area contributed by atoms with Gasteiger partial charge in [-0.05, 0) is 26.8 Å². The van der Waals surface area contributed by atoms with Crippen molar-refractivity contribution < 1.29 is 4.42 Å². The number of aromatic nitrogens is 3. The Balaban J connectivity index is 1.57. The Morgan fingerprint density at radius 2 is 2.00 bits per heavy atom. The molecule has 23 heavy (non-hydrogen) atoms. The maximum atomic E-state index is 5.87. The van der Waals surface area contributed by atoms with E-state index in [4.69, 9.17) is 4.42 Å². The highest BCUT2D eigenvalue weighted by Gasteiger charge is 2.13. The smallest absolute Gasteiger partial charge is 0.211 e. The van der Waals surface area contributed by atoms with Gasteiger partial charge in [0.1, 0.15) is 0 Å². The fraction of sp³-hybridized carbons (Fsp3) is 0.333. The summed E-state index contributed by atoms with van der Waals surface area (Å²) < 4.78 is 7.88. The third kappa shape index (κ3) is 3.68. The molecule has 1 aromatic carbocycles. The Bertz CT molecular complexity index is 760. The van der Waals surface area contributed by atoms with Gasteiger partial charge in [-0.2, -0.15) is 5.10 Å². The van der Waals surface area contributed by atoms with Crippen molar-refractivity contribution in [3.05, 3.63) is 59.9 Å².